The van der Waals surface area contributed by atoms with Gasteiger partial charge < -0.3 is 14.2 Å². The summed E-state index contributed by atoms with van der Waals surface area (Å²) in [7, 11) is 1.27. The molecule has 21 heavy (non-hydrogen) atoms. The van der Waals surface area contributed by atoms with Crippen molar-refractivity contribution in [3.05, 3.63) is 23.1 Å². The fraction of sp³-hybridized carbons (Fsp3) is 0.214. The van der Waals surface area contributed by atoms with Gasteiger partial charge in [0.2, 0.25) is 0 Å². The van der Waals surface area contributed by atoms with E-state index in [9.17, 15) is 14.4 Å². The Morgan fingerprint density at radius 1 is 1.00 bits per heavy atom. The second kappa shape index (κ2) is 5.92. The third kappa shape index (κ3) is 3.19. The molecule has 0 saturated heterocycles. The number of benzene rings is 1. The molecule has 2 aromatic rings. The van der Waals surface area contributed by atoms with Crippen molar-refractivity contribution in [1.29, 1.82) is 0 Å². The Hall–Kier alpha value is -2.41. The summed E-state index contributed by atoms with van der Waals surface area (Å²) in [5.41, 5.74) is 0. The Morgan fingerprint density at radius 3 is 2.14 bits per heavy atom. The fourth-order valence-corrected chi connectivity index (χ4v) is 2.80. The molecule has 0 amide bonds. The number of methoxy groups -OCH3 is 1. The molecule has 0 aliphatic heterocycles. The highest BCUT2D eigenvalue weighted by molar-refractivity contribution is 7.21. The van der Waals surface area contributed by atoms with Gasteiger partial charge in [-0.3, -0.25) is 9.59 Å². The maximum atomic E-state index is 11.6. The van der Waals surface area contributed by atoms with Gasteiger partial charge in [-0.05, 0) is 18.2 Å². The van der Waals surface area contributed by atoms with Gasteiger partial charge >= 0.3 is 17.9 Å². The van der Waals surface area contributed by atoms with Gasteiger partial charge in [0.05, 0.1) is 11.8 Å². The van der Waals surface area contributed by atoms with Crippen LogP contribution in [-0.2, 0) is 14.3 Å². The maximum absolute atomic E-state index is 11.6. The molecule has 0 N–H and O–H groups in total. The molecule has 110 valence electrons. The summed E-state index contributed by atoms with van der Waals surface area (Å²) < 4.78 is 15.4. The number of hydrogen-bond acceptors (Lipinski definition) is 7. The maximum Gasteiger partial charge on any atom is 0.348 e. The summed E-state index contributed by atoms with van der Waals surface area (Å²) in [6, 6.07) is 4.56. The molecule has 1 aromatic carbocycles. The van der Waals surface area contributed by atoms with Crippen molar-refractivity contribution < 1.29 is 28.6 Å². The first-order chi connectivity index (χ1) is 9.92. The van der Waals surface area contributed by atoms with Crippen LogP contribution in [0.15, 0.2) is 18.2 Å². The quantitative estimate of drug-likeness (QED) is 0.640. The first kappa shape index (κ1) is 15.0. The Bertz CT molecular complexity index is 677. The Kier molecular flexibility index (Phi) is 4.23. The van der Waals surface area contributed by atoms with Crippen molar-refractivity contribution in [2.24, 2.45) is 0 Å². The largest absolute Gasteiger partial charge is 0.465 e. The lowest BCUT2D eigenvalue weighted by Crippen LogP contribution is -2.03. The summed E-state index contributed by atoms with van der Waals surface area (Å²) in [6.45, 7) is 2.56. The normalized spacial score (nSPS) is 10.2. The lowest BCUT2D eigenvalue weighted by molar-refractivity contribution is -0.132. The van der Waals surface area contributed by atoms with Crippen LogP contribution in [0.25, 0.3) is 10.1 Å². The number of thiophene rings is 1. The highest BCUT2D eigenvalue weighted by Gasteiger charge is 2.18. The van der Waals surface area contributed by atoms with Crippen LogP contribution < -0.4 is 9.47 Å². The number of hydrogen-bond donors (Lipinski definition) is 0. The Balaban J connectivity index is 2.62. The van der Waals surface area contributed by atoms with Crippen LogP contribution in [0.3, 0.4) is 0 Å². The molecule has 0 spiro atoms. The van der Waals surface area contributed by atoms with Crippen LogP contribution in [0.1, 0.15) is 23.5 Å². The lowest BCUT2D eigenvalue weighted by Gasteiger charge is -2.06. The zero-order valence-corrected chi connectivity index (χ0v) is 12.4. The molecule has 1 heterocycles. The molecule has 1 aromatic heterocycles. The molecule has 0 fully saturated rings. The highest BCUT2D eigenvalue weighted by Crippen LogP contribution is 2.39. The summed E-state index contributed by atoms with van der Waals surface area (Å²) >= 11 is 1.10. The van der Waals surface area contributed by atoms with Gasteiger partial charge in [0.15, 0.2) is 0 Å². The molecule has 0 unspecified atom stereocenters. The second-order valence-electron chi connectivity index (χ2n) is 4.09. The van der Waals surface area contributed by atoms with Gasteiger partial charge in [0.1, 0.15) is 16.4 Å². The van der Waals surface area contributed by atoms with E-state index in [1.54, 1.807) is 0 Å². The SMILES string of the molecule is COC(=O)c1cc2c(OC(C)=O)ccc(OC(C)=O)c2s1. The van der Waals surface area contributed by atoms with E-state index in [1.807, 2.05) is 0 Å². The molecule has 0 aliphatic rings. The molecule has 0 saturated carbocycles. The minimum Gasteiger partial charge on any atom is -0.465 e. The van der Waals surface area contributed by atoms with Gasteiger partial charge in [0.25, 0.3) is 0 Å². The standard InChI is InChI=1S/C14H12O6S/c1-7(15)19-10-4-5-11(20-8(2)16)13-9(10)6-12(21-13)14(17)18-3/h4-6H,1-3H3. The molecule has 7 heteroatoms. The zero-order chi connectivity index (χ0) is 15.6. The Labute approximate surface area is 124 Å². The van der Waals surface area contributed by atoms with Gasteiger partial charge in [-0.25, -0.2) is 4.79 Å². The van der Waals surface area contributed by atoms with Gasteiger partial charge in [-0.15, -0.1) is 11.3 Å². The van der Waals surface area contributed by atoms with Crippen molar-refractivity contribution in [2.45, 2.75) is 13.8 Å². The molecular formula is C14H12O6S. The monoisotopic (exact) mass is 308 g/mol. The minimum absolute atomic E-state index is 0.291. The van der Waals surface area contributed by atoms with Crippen molar-refractivity contribution in [1.82, 2.24) is 0 Å². The van der Waals surface area contributed by atoms with Gasteiger partial charge in [0, 0.05) is 19.2 Å². The summed E-state index contributed by atoms with van der Waals surface area (Å²) in [6.07, 6.45) is 0. The first-order valence-corrected chi connectivity index (χ1v) is 6.75. The van der Waals surface area contributed by atoms with Crippen molar-refractivity contribution in [2.75, 3.05) is 7.11 Å². The van der Waals surface area contributed by atoms with E-state index in [0.29, 0.717) is 26.5 Å². The summed E-state index contributed by atoms with van der Waals surface area (Å²) in [5, 5.41) is 0.509. The minimum atomic E-state index is -0.515. The molecule has 0 atom stereocenters. The van der Waals surface area contributed by atoms with Crippen molar-refractivity contribution in [3.63, 3.8) is 0 Å². The van der Waals surface area contributed by atoms with E-state index < -0.39 is 17.9 Å². The smallest absolute Gasteiger partial charge is 0.348 e. The fourth-order valence-electron chi connectivity index (χ4n) is 1.75. The van der Waals surface area contributed by atoms with Crippen LogP contribution in [0.2, 0.25) is 0 Å². The lowest BCUT2D eigenvalue weighted by atomic mass is 10.2. The van der Waals surface area contributed by atoms with Crippen LogP contribution in [0.4, 0.5) is 0 Å². The highest BCUT2D eigenvalue weighted by atomic mass is 32.1. The number of fused-ring (bicyclic) bond motifs is 1. The van der Waals surface area contributed by atoms with Crippen LogP contribution in [0, 0.1) is 0 Å². The van der Waals surface area contributed by atoms with Gasteiger partial charge in [-0.1, -0.05) is 0 Å². The van der Waals surface area contributed by atoms with Crippen LogP contribution in [0.5, 0.6) is 11.5 Å². The molecule has 6 nitrogen and oxygen atoms in total. The topological polar surface area (TPSA) is 78.9 Å². The summed E-state index contributed by atoms with van der Waals surface area (Å²) in [5.74, 6) is -0.890. The predicted octanol–water partition coefficient (Wildman–Crippen LogP) is 2.54. The van der Waals surface area contributed by atoms with E-state index in [0.717, 1.165) is 11.3 Å². The van der Waals surface area contributed by atoms with E-state index in [1.165, 1.54) is 39.2 Å². The third-order valence-corrected chi connectivity index (χ3v) is 3.63. The van der Waals surface area contributed by atoms with Crippen LogP contribution >= 0.6 is 11.3 Å². The molecular weight excluding hydrogens is 296 g/mol. The van der Waals surface area contributed by atoms with E-state index >= 15 is 0 Å². The number of esters is 3. The molecule has 0 bridgehead atoms. The molecule has 0 aliphatic carbocycles. The number of rotatable bonds is 3. The van der Waals surface area contributed by atoms with Crippen molar-refractivity contribution >= 4 is 39.3 Å². The molecule has 0 radical (unpaired) electrons. The molecule has 2 rings (SSSR count). The van der Waals surface area contributed by atoms with Crippen molar-refractivity contribution in [3.8, 4) is 11.5 Å². The second-order valence-corrected chi connectivity index (χ2v) is 5.15. The Morgan fingerprint density at radius 2 is 1.57 bits per heavy atom. The van der Waals surface area contributed by atoms with Crippen LogP contribution in [-0.4, -0.2) is 25.0 Å². The first-order valence-electron chi connectivity index (χ1n) is 5.94. The van der Waals surface area contributed by atoms with Gasteiger partial charge in [-0.2, -0.15) is 0 Å². The number of carbonyl (C=O) groups excluding carboxylic acids is 3. The van der Waals surface area contributed by atoms with E-state index in [-0.39, 0.29) is 0 Å². The average molecular weight is 308 g/mol. The predicted molar refractivity (Wildman–Crippen MR) is 75.8 cm³/mol. The summed E-state index contributed by atoms with van der Waals surface area (Å²) in [4.78, 5) is 34.2. The zero-order valence-electron chi connectivity index (χ0n) is 11.6. The average Bonchev–Trinajstić information content (AvgIpc) is 2.85. The van der Waals surface area contributed by atoms with E-state index in [2.05, 4.69) is 4.74 Å². The van der Waals surface area contributed by atoms with E-state index in [4.69, 9.17) is 9.47 Å². The third-order valence-electron chi connectivity index (χ3n) is 2.50. The number of ether oxygens (including phenoxy) is 3. The number of carbonyl (C=O) groups is 3.